The second-order valence-electron chi connectivity index (χ2n) is 5.61. The van der Waals surface area contributed by atoms with Crippen molar-refractivity contribution in [3.05, 3.63) is 62.8 Å². The summed E-state index contributed by atoms with van der Waals surface area (Å²) in [5.74, 6) is 0.585. The zero-order chi connectivity index (χ0) is 16.9. The average molecular weight is 341 g/mol. The van der Waals surface area contributed by atoms with Crippen molar-refractivity contribution in [3.63, 3.8) is 0 Å². The van der Waals surface area contributed by atoms with Crippen molar-refractivity contribution in [2.45, 2.75) is 32.9 Å². The highest BCUT2D eigenvalue weighted by molar-refractivity contribution is 7.09. The van der Waals surface area contributed by atoms with E-state index >= 15 is 0 Å². The molecule has 0 radical (unpaired) electrons. The molecule has 0 aliphatic carbocycles. The molecule has 0 aliphatic rings. The summed E-state index contributed by atoms with van der Waals surface area (Å²) in [6.07, 6.45) is 1.28. The largest absolute Gasteiger partial charge is 0.330 e. The van der Waals surface area contributed by atoms with E-state index in [9.17, 15) is 9.59 Å². The number of carbonyl (C=O) groups is 1. The van der Waals surface area contributed by atoms with Gasteiger partial charge in [0.05, 0.1) is 24.0 Å². The predicted octanol–water partition coefficient (Wildman–Crippen LogP) is 3.31. The van der Waals surface area contributed by atoms with Crippen LogP contribution in [0.15, 0.2) is 46.6 Å². The van der Waals surface area contributed by atoms with Crippen molar-refractivity contribution >= 4 is 28.1 Å². The summed E-state index contributed by atoms with van der Waals surface area (Å²) in [7, 11) is 0. The number of benzene rings is 1. The van der Waals surface area contributed by atoms with Crippen LogP contribution in [-0.4, -0.2) is 20.8 Å². The summed E-state index contributed by atoms with van der Waals surface area (Å²) in [5, 5.41) is 2.56. The molecule has 0 bridgehead atoms. The number of nitrogens with one attached hydrogen (secondary N) is 1. The summed E-state index contributed by atoms with van der Waals surface area (Å²) in [6.45, 7) is 2.82. The number of aromatic amines is 1. The van der Waals surface area contributed by atoms with Crippen LogP contribution in [-0.2, 0) is 17.9 Å². The van der Waals surface area contributed by atoms with Crippen LogP contribution in [0.3, 0.4) is 0 Å². The Labute approximate surface area is 144 Å². The molecule has 0 fully saturated rings. The van der Waals surface area contributed by atoms with Crippen molar-refractivity contribution < 1.29 is 4.79 Å². The molecule has 2 aromatic heterocycles. The third-order valence-electron chi connectivity index (χ3n) is 3.75. The molecule has 124 valence electrons. The Morgan fingerprint density at radius 1 is 1.21 bits per heavy atom. The summed E-state index contributed by atoms with van der Waals surface area (Å²) < 4.78 is 0. The molecule has 0 saturated heterocycles. The Bertz CT molecular complexity index is 887. The van der Waals surface area contributed by atoms with E-state index in [1.807, 2.05) is 42.6 Å². The van der Waals surface area contributed by atoms with Crippen LogP contribution in [0.25, 0.3) is 10.9 Å². The van der Waals surface area contributed by atoms with Crippen LogP contribution in [0, 0.1) is 0 Å². The van der Waals surface area contributed by atoms with E-state index in [1.165, 1.54) is 0 Å². The Morgan fingerprint density at radius 3 is 2.79 bits per heavy atom. The Kier molecular flexibility index (Phi) is 5.05. The fourth-order valence-corrected chi connectivity index (χ4v) is 3.30. The number of para-hydroxylation sites is 1. The highest BCUT2D eigenvalue weighted by Crippen LogP contribution is 2.15. The average Bonchev–Trinajstić information content (AvgIpc) is 3.08. The SMILES string of the molecule is CCCC(=O)N(Cc1nc2ccccc2c(=O)[nH]1)Cc1cccs1. The van der Waals surface area contributed by atoms with Gasteiger partial charge in [-0.2, -0.15) is 0 Å². The Morgan fingerprint density at radius 2 is 2.04 bits per heavy atom. The summed E-state index contributed by atoms with van der Waals surface area (Å²) in [5.41, 5.74) is 0.477. The van der Waals surface area contributed by atoms with Gasteiger partial charge in [-0.25, -0.2) is 4.98 Å². The molecule has 1 N–H and O–H groups in total. The predicted molar refractivity (Wildman–Crippen MR) is 95.8 cm³/mol. The molecular weight excluding hydrogens is 322 g/mol. The molecule has 0 aliphatic heterocycles. The molecule has 5 nitrogen and oxygen atoms in total. The fraction of sp³-hybridized carbons (Fsp3) is 0.278. The summed E-state index contributed by atoms with van der Waals surface area (Å²) in [4.78, 5) is 34.8. The first-order valence-corrected chi connectivity index (χ1v) is 8.83. The molecular formula is C18H19N3O2S. The second-order valence-corrected chi connectivity index (χ2v) is 6.64. The topological polar surface area (TPSA) is 66.1 Å². The van der Waals surface area contributed by atoms with Gasteiger partial charge in [0.2, 0.25) is 5.91 Å². The highest BCUT2D eigenvalue weighted by Gasteiger charge is 2.16. The minimum atomic E-state index is -0.172. The van der Waals surface area contributed by atoms with E-state index in [-0.39, 0.29) is 11.5 Å². The van der Waals surface area contributed by atoms with Crippen molar-refractivity contribution in [1.29, 1.82) is 0 Å². The van der Waals surface area contributed by atoms with Gasteiger partial charge in [-0.05, 0) is 30.0 Å². The number of amides is 1. The van der Waals surface area contributed by atoms with Crippen molar-refractivity contribution in [2.24, 2.45) is 0 Å². The molecule has 2 heterocycles. The number of thiophene rings is 1. The van der Waals surface area contributed by atoms with Gasteiger partial charge in [-0.3, -0.25) is 9.59 Å². The number of aromatic nitrogens is 2. The van der Waals surface area contributed by atoms with Gasteiger partial charge in [0.1, 0.15) is 5.82 Å². The van der Waals surface area contributed by atoms with Crippen LogP contribution in [0.1, 0.15) is 30.5 Å². The molecule has 1 amide bonds. The van der Waals surface area contributed by atoms with Gasteiger partial charge >= 0.3 is 0 Å². The quantitative estimate of drug-likeness (QED) is 0.748. The smallest absolute Gasteiger partial charge is 0.258 e. The monoisotopic (exact) mass is 341 g/mol. The Hall–Kier alpha value is -2.47. The molecule has 6 heteroatoms. The Balaban J connectivity index is 1.88. The third-order valence-corrected chi connectivity index (χ3v) is 4.61. The summed E-state index contributed by atoms with van der Waals surface area (Å²) in [6, 6.07) is 11.2. The molecule has 1 aromatic carbocycles. The van der Waals surface area contributed by atoms with E-state index < -0.39 is 0 Å². The standard InChI is InChI=1S/C18H19N3O2S/c1-2-6-17(22)21(11-13-7-5-10-24-13)12-16-19-15-9-4-3-8-14(15)18(23)20-16/h3-5,7-10H,2,6,11-12H2,1H3,(H,19,20,23). The van der Waals surface area contributed by atoms with Crippen LogP contribution in [0.5, 0.6) is 0 Å². The van der Waals surface area contributed by atoms with Crippen molar-refractivity contribution in [2.75, 3.05) is 0 Å². The molecule has 3 rings (SSSR count). The van der Waals surface area contributed by atoms with E-state index in [0.29, 0.717) is 36.2 Å². The molecule has 0 saturated carbocycles. The minimum Gasteiger partial charge on any atom is -0.330 e. The van der Waals surface area contributed by atoms with Crippen LogP contribution >= 0.6 is 11.3 Å². The van der Waals surface area contributed by atoms with Crippen molar-refractivity contribution in [3.8, 4) is 0 Å². The molecule has 24 heavy (non-hydrogen) atoms. The fourth-order valence-electron chi connectivity index (χ4n) is 2.59. The maximum Gasteiger partial charge on any atom is 0.258 e. The lowest BCUT2D eigenvalue weighted by Crippen LogP contribution is -2.31. The first-order valence-electron chi connectivity index (χ1n) is 7.95. The number of carbonyl (C=O) groups excluding carboxylic acids is 1. The lowest BCUT2D eigenvalue weighted by atomic mass is 10.2. The van der Waals surface area contributed by atoms with E-state index in [1.54, 1.807) is 22.3 Å². The second kappa shape index (κ2) is 7.40. The summed E-state index contributed by atoms with van der Waals surface area (Å²) >= 11 is 1.62. The molecule has 0 spiro atoms. The zero-order valence-electron chi connectivity index (χ0n) is 13.5. The van der Waals surface area contributed by atoms with Gasteiger partial charge in [-0.15, -0.1) is 11.3 Å². The zero-order valence-corrected chi connectivity index (χ0v) is 14.3. The molecule has 3 aromatic rings. The van der Waals surface area contributed by atoms with Crippen molar-refractivity contribution in [1.82, 2.24) is 14.9 Å². The maximum absolute atomic E-state index is 12.4. The van der Waals surface area contributed by atoms with Crippen LogP contribution < -0.4 is 5.56 Å². The van der Waals surface area contributed by atoms with Crippen LogP contribution in [0.2, 0.25) is 0 Å². The lowest BCUT2D eigenvalue weighted by molar-refractivity contribution is -0.132. The number of hydrogen-bond acceptors (Lipinski definition) is 4. The first-order chi connectivity index (χ1) is 11.7. The van der Waals surface area contributed by atoms with Gasteiger partial charge in [0.25, 0.3) is 5.56 Å². The third kappa shape index (κ3) is 3.71. The number of hydrogen-bond donors (Lipinski definition) is 1. The van der Waals surface area contributed by atoms with Gasteiger partial charge < -0.3 is 9.88 Å². The number of H-pyrrole nitrogens is 1. The first kappa shape index (κ1) is 16.4. The molecule has 0 atom stereocenters. The van der Waals surface area contributed by atoms with E-state index in [0.717, 1.165) is 11.3 Å². The van der Waals surface area contributed by atoms with Gasteiger partial charge in [-0.1, -0.05) is 25.1 Å². The van der Waals surface area contributed by atoms with Gasteiger partial charge in [0.15, 0.2) is 0 Å². The molecule has 0 unspecified atom stereocenters. The number of nitrogens with zero attached hydrogens (tertiary/aromatic N) is 2. The highest BCUT2D eigenvalue weighted by atomic mass is 32.1. The lowest BCUT2D eigenvalue weighted by Gasteiger charge is -2.21. The van der Waals surface area contributed by atoms with Gasteiger partial charge in [0, 0.05) is 11.3 Å². The minimum absolute atomic E-state index is 0.0710. The maximum atomic E-state index is 12.4. The number of rotatable bonds is 6. The number of fused-ring (bicyclic) bond motifs is 1. The van der Waals surface area contributed by atoms with E-state index in [2.05, 4.69) is 9.97 Å². The van der Waals surface area contributed by atoms with E-state index in [4.69, 9.17) is 0 Å². The van der Waals surface area contributed by atoms with Crippen LogP contribution in [0.4, 0.5) is 0 Å². The normalized spacial score (nSPS) is 10.9.